The zero-order chi connectivity index (χ0) is 13.6. The molecule has 1 atom stereocenters. The van der Waals surface area contributed by atoms with Gasteiger partial charge in [0.1, 0.15) is 17.9 Å². The van der Waals surface area contributed by atoms with Gasteiger partial charge in [-0.25, -0.2) is 0 Å². The summed E-state index contributed by atoms with van der Waals surface area (Å²) in [7, 11) is 0. The van der Waals surface area contributed by atoms with Crippen molar-refractivity contribution >= 4 is 17.9 Å². The Balaban J connectivity index is 5.05. The van der Waals surface area contributed by atoms with Crippen LogP contribution in [0.2, 0.25) is 0 Å². The van der Waals surface area contributed by atoms with E-state index in [-0.39, 0.29) is 17.5 Å². The van der Waals surface area contributed by atoms with Gasteiger partial charge in [-0.1, -0.05) is 41.0 Å². The molecular formula is C14H24O3. The molecule has 0 aromatic heterocycles. The van der Waals surface area contributed by atoms with Crippen LogP contribution in [0.3, 0.4) is 0 Å². The lowest BCUT2D eigenvalue weighted by atomic mass is 9.72. The highest BCUT2D eigenvalue weighted by atomic mass is 16.2. The van der Waals surface area contributed by atoms with Gasteiger partial charge < -0.3 is 4.79 Å². The quantitative estimate of drug-likeness (QED) is 0.484. The predicted molar refractivity (Wildman–Crippen MR) is 67.7 cm³/mol. The fourth-order valence-electron chi connectivity index (χ4n) is 1.84. The maximum absolute atomic E-state index is 12.1. The molecule has 0 saturated carbocycles. The van der Waals surface area contributed by atoms with Gasteiger partial charge in [0.2, 0.25) is 0 Å². The molecule has 17 heavy (non-hydrogen) atoms. The van der Waals surface area contributed by atoms with E-state index in [4.69, 9.17) is 0 Å². The minimum atomic E-state index is -0.897. The third-order valence-electron chi connectivity index (χ3n) is 3.00. The first-order valence-electron chi connectivity index (χ1n) is 6.30. The zero-order valence-corrected chi connectivity index (χ0v) is 11.6. The van der Waals surface area contributed by atoms with Crippen molar-refractivity contribution in [3.05, 3.63) is 0 Å². The van der Waals surface area contributed by atoms with Gasteiger partial charge in [0.05, 0.1) is 5.92 Å². The Morgan fingerprint density at radius 3 is 2.12 bits per heavy atom. The first-order valence-corrected chi connectivity index (χ1v) is 6.30. The molecule has 0 amide bonds. The second kappa shape index (κ2) is 6.67. The number of carbonyl (C=O) groups excluding carboxylic acids is 3. The van der Waals surface area contributed by atoms with Gasteiger partial charge >= 0.3 is 0 Å². The van der Waals surface area contributed by atoms with Crippen LogP contribution in [0.25, 0.3) is 0 Å². The molecule has 0 spiro atoms. The summed E-state index contributed by atoms with van der Waals surface area (Å²) >= 11 is 0. The largest absolute Gasteiger partial charge is 0.303 e. The smallest absolute Gasteiger partial charge is 0.146 e. The normalized spacial score (nSPS) is 13.5. The van der Waals surface area contributed by atoms with E-state index in [0.717, 1.165) is 19.1 Å². The lowest BCUT2D eigenvalue weighted by molar-refractivity contribution is -0.142. The number of aldehydes is 1. The van der Waals surface area contributed by atoms with Gasteiger partial charge in [0, 0.05) is 17.8 Å². The Kier molecular flexibility index (Phi) is 6.29. The summed E-state index contributed by atoms with van der Waals surface area (Å²) in [4.78, 5) is 35.2. The summed E-state index contributed by atoms with van der Waals surface area (Å²) in [6, 6.07) is 0. The molecule has 0 aliphatic heterocycles. The van der Waals surface area contributed by atoms with Gasteiger partial charge in [-0.05, 0) is 6.42 Å². The average molecular weight is 240 g/mol. The van der Waals surface area contributed by atoms with Crippen molar-refractivity contribution in [3.8, 4) is 0 Å². The van der Waals surface area contributed by atoms with Crippen LogP contribution in [0.4, 0.5) is 0 Å². The number of unbranched alkanes of at least 4 members (excludes halogenated alkanes) is 1. The fraction of sp³-hybridized carbons (Fsp3) is 0.786. The van der Waals surface area contributed by atoms with Crippen molar-refractivity contribution in [3.63, 3.8) is 0 Å². The number of hydrogen-bond acceptors (Lipinski definition) is 3. The second-order valence-corrected chi connectivity index (χ2v) is 5.50. The third kappa shape index (κ3) is 4.41. The lowest BCUT2D eigenvalue weighted by Gasteiger charge is -2.28. The van der Waals surface area contributed by atoms with Crippen molar-refractivity contribution in [2.75, 3.05) is 0 Å². The molecule has 0 aliphatic carbocycles. The van der Waals surface area contributed by atoms with Gasteiger partial charge in [-0.3, -0.25) is 9.59 Å². The van der Waals surface area contributed by atoms with Gasteiger partial charge in [-0.15, -0.1) is 0 Å². The van der Waals surface area contributed by atoms with E-state index >= 15 is 0 Å². The number of ketones is 2. The minimum Gasteiger partial charge on any atom is -0.303 e. The maximum atomic E-state index is 12.1. The molecule has 0 bridgehead atoms. The number of hydrogen-bond donors (Lipinski definition) is 0. The van der Waals surface area contributed by atoms with E-state index in [1.165, 1.54) is 0 Å². The molecular weight excluding hydrogens is 216 g/mol. The summed E-state index contributed by atoms with van der Waals surface area (Å²) < 4.78 is 0. The summed E-state index contributed by atoms with van der Waals surface area (Å²) in [5, 5.41) is 0. The highest BCUT2D eigenvalue weighted by molar-refractivity contribution is 6.05. The molecule has 0 N–H and O–H groups in total. The van der Waals surface area contributed by atoms with Crippen LogP contribution in [0.15, 0.2) is 0 Å². The summed E-state index contributed by atoms with van der Waals surface area (Å²) in [5.41, 5.74) is -0.897. The maximum Gasteiger partial charge on any atom is 0.146 e. The first kappa shape index (κ1) is 16.0. The molecule has 98 valence electrons. The first-order chi connectivity index (χ1) is 7.77. The highest BCUT2D eigenvalue weighted by Gasteiger charge is 2.40. The summed E-state index contributed by atoms with van der Waals surface area (Å²) in [5.74, 6) is -1.22. The van der Waals surface area contributed by atoms with Crippen molar-refractivity contribution < 1.29 is 14.4 Å². The molecule has 0 aromatic carbocycles. The van der Waals surface area contributed by atoms with Gasteiger partial charge in [-0.2, -0.15) is 0 Å². The van der Waals surface area contributed by atoms with E-state index in [1.807, 2.05) is 6.92 Å². The third-order valence-corrected chi connectivity index (χ3v) is 3.00. The second-order valence-electron chi connectivity index (χ2n) is 5.50. The zero-order valence-electron chi connectivity index (χ0n) is 11.6. The average Bonchev–Trinajstić information content (AvgIpc) is 2.25. The standard InChI is InChI=1S/C14H24O3/c1-6-7-8-11(16)12(13(17)10(2)3)14(4,5)9-15/h9-10,12H,6-8H2,1-5H3. The Bertz CT molecular complexity index is 290. The summed E-state index contributed by atoms with van der Waals surface area (Å²) in [6.45, 7) is 8.85. The van der Waals surface area contributed by atoms with E-state index in [1.54, 1.807) is 27.7 Å². The van der Waals surface area contributed by atoms with Crippen molar-refractivity contribution in [2.45, 2.75) is 53.9 Å². The Hall–Kier alpha value is -0.990. The van der Waals surface area contributed by atoms with Crippen molar-refractivity contribution in [1.29, 1.82) is 0 Å². The van der Waals surface area contributed by atoms with E-state index in [0.29, 0.717) is 6.42 Å². The van der Waals surface area contributed by atoms with Crippen LogP contribution >= 0.6 is 0 Å². The molecule has 1 unspecified atom stereocenters. The number of Topliss-reactive ketones (excluding diaryl/α,β-unsaturated/α-hetero) is 2. The number of carbonyl (C=O) groups is 3. The Morgan fingerprint density at radius 2 is 1.76 bits per heavy atom. The van der Waals surface area contributed by atoms with Crippen LogP contribution in [-0.2, 0) is 14.4 Å². The van der Waals surface area contributed by atoms with Gasteiger partial charge in [0.15, 0.2) is 0 Å². The van der Waals surface area contributed by atoms with Crippen LogP contribution in [0, 0.1) is 17.3 Å². The van der Waals surface area contributed by atoms with Crippen LogP contribution in [0.1, 0.15) is 53.9 Å². The lowest BCUT2D eigenvalue weighted by Crippen LogP contribution is -2.40. The molecule has 0 aliphatic rings. The monoisotopic (exact) mass is 240 g/mol. The summed E-state index contributed by atoms with van der Waals surface area (Å²) in [6.07, 6.45) is 2.80. The Morgan fingerprint density at radius 1 is 1.24 bits per heavy atom. The Labute approximate surface area is 104 Å². The van der Waals surface area contributed by atoms with Gasteiger partial charge in [0.25, 0.3) is 0 Å². The topological polar surface area (TPSA) is 51.2 Å². The molecule has 0 radical (unpaired) electrons. The van der Waals surface area contributed by atoms with Crippen molar-refractivity contribution in [1.82, 2.24) is 0 Å². The molecule has 0 saturated heterocycles. The van der Waals surface area contributed by atoms with Crippen molar-refractivity contribution in [2.24, 2.45) is 17.3 Å². The predicted octanol–water partition coefficient (Wildman–Crippen LogP) is 2.81. The molecule has 0 rings (SSSR count). The molecule has 0 aromatic rings. The molecule has 3 heteroatoms. The fourth-order valence-corrected chi connectivity index (χ4v) is 1.84. The van der Waals surface area contributed by atoms with Crippen LogP contribution in [0.5, 0.6) is 0 Å². The minimum absolute atomic E-state index is 0.0948. The molecule has 0 fully saturated rings. The van der Waals surface area contributed by atoms with E-state index in [2.05, 4.69) is 0 Å². The van der Waals surface area contributed by atoms with Crippen LogP contribution in [-0.4, -0.2) is 17.9 Å². The van der Waals surface area contributed by atoms with Crippen LogP contribution < -0.4 is 0 Å². The molecule has 0 heterocycles. The number of rotatable bonds is 8. The SMILES string of the molecule is CCCCC(=O)C(C(=O)C(C)C)C(C)(C)C=O. The van der Waals surface area contributed by atoms with E-state index in [9.17, 15) is 14.4 Å². The molecule has 3 nitrogen and oxygen atoms in total. The van der Waals surface area contributed by atoms with E-state index < -0.39 is 11.3 Å². The highest BCUT2D eigenvalue weighted by Crippen LogP contribution is 2.29.